The van der Waals surface area contributed by atoms with Crippen LogP contribution < -0.4 is 9.64 Å². The molecule has 0 heterocycles. The molecule has 0 aliphatic rings. The van der Waals surface area contributed by atoms with Gasteiger partial charge in [0.25, 0.3) is 0 Å². The third-order valence-corrected chi connectivity index (χ3v) is 3.41. The summed E-state index contributed by atoms with van der Waals surface area (Å²) in [4.78, 5) is 2.20. The van der Waals surface area contributed by atoms with E-state index >= 15 is 0 Å². The second-order valence-corrected chi connectivity index (χ2v) is 4.99. The normalized spacial score (nSPS) is 10.4. The number of rotatable bonds is 5. The van der Waals surface area contributed by atoms with Gasteiger partial charge in [0.05, 0.1) is 13.7 Å². The summed E-state index contributed by atoms with van der Waals surface area (Å²) in [7, 11) is 3.75. The van der Waals surface area contributed by atoms with Gasteiger partial charge in [-0.05, 0) is 41.8 Å². The minimum absolute atomic E-state index is 0.0840. The average molecular weight is 271 g/mol. The number of hydrogen-bond acceptors (Lipinski definition) is 3. The molecule has 0 fully saturated rings. The zero-order valence-corrected chi connectivity index (χ0v) is 12.3. The van der Waals surface area contributed by atoms with Crippen molar-refractivity contribution < 1.29 is 9.84 Å². The summed E-state index contributed by atoms with van der Waals surface area (Å²) in [6, 6.07) is 14.1. The molecular formula is C17H21NO2. The molecule has 0 aromatic heterocycles. The Bertz CT molecular complexity index is 581. The molecule has 0 unspecified atom stereocenters. The number of hydrogen-bond donors (Lipinski definition) is 1. The Labute approximate surface area is 120 Å². The van der Waals surface area contributed by atoms with Gasteiger partial charge in [0.15, 0.2) is 0 Å². The third-order valence-electron chi connectivity index (χ3n) is 3.41. The van der Waals surface area contributed by atoms with Crippen LogP contribution in [0.15, 0.2) is 42.5 Å². The topological polar surface area (TPSA) is 32.7 Å². The van der Waals surface area contributed by atoms with E-state index < -0.39 is 0 Å². The van der Waals surface area contributed by atoms with Crippen molar-refractivity contribution in [2.45, 2.75) is 20.1 Å². The van der Waals surface area contributed by atoms with Gasteiger partial charge in [0.1, 0.15) is 5.75 Å². The van der Waals surface area contributed by atoms with E-state index in [1.807, 2.05) is 30.3 Å². The van der Waals surface area contributed by atoms with Crippen LogP contribution in [-0.2, 0) is 13.2 Å². The SMILES string of the molecule is COc1cccc(CN(C)c2ccc(CO)cc2C)c1. The summed E-state index contributed by atoms with van der Waals surface area (Å²) in [5, 5.41) is 9.16. The zero-order valence-electron chi connectivity index (χ0n) is 12.3. The van der Waals surface area contributed by atoms with Crippen LogP contribution in [0, 0.1) is 6.92 Å². The molecule has 20 heavy (non-hydrogen) atoms. The van der Waals surface area contributed by atoms with E-state index in [2.05, 4.69) is 31.0 Å². The van der Waals surface area contributed by atoms with Crippen molar-refractivity contribution >= 4 is 5.69 Å². The third kappa shape index (κ3) is 3.31. The average Bonchev–Trinajstić information content (AvgIpc) is 2.47. The molecule has 0 spiro atoms. The minimum atomic E-state index is 0.0840. The van der Waals surface area contributed by atoms with E-state index in [1.165, 1.54) is 16.8 Å². The summed E-state index contributed by atoms with van der Waals surface area (Å²) in [6.07, 6.45) is 0. The highest BCUT2D eigenvalue weighted by atomic mass is 16.5. The first kappa shape index (κ1) is 14.4. The number of methoxy groups -OCH3 is 1. The Hall–Kier alpha value is -2.00. The van der Waals surface area contributed by atoms with E-state index in [9.17, 15) is 0 Å². The maximum atomic E-state index is 9.16. The first-order chi connectivity index (χ1) is 9.63. The number of ether oxygens (including phenoxy) is 1. The molecule has 0 aliphatic heterocycles. The van der Waals surface area contributed by atoms with Crippen molar-refractivity contribution in [2.24, 2.45) is 0 Å². The Kier molecular flexibility index (Phi) is 4.64. The van der Waals surface area contributed by atoms with Gasteiger partial charge in [-0.15, -0.1) is 0 Å². The van der Waals surface area contributed by atoms with E-state index in [0.29, 0.717) is 0 Å². The van der Waals surface area contributed by atoms with Crippen LogP contribution in [0.5, 0.6) is 5.75 Å². The maximum absolute atomic E-state index is 9.16. The Morgan fingerprint density at radius 1 is 1.10 bits per heavy atom. The quantitative estimate of drug-likeness (QED) is 0.907. The molecular weight excluding hydrogens is 250 g/mol. The molecule has 0 amide bonds. The van der Waals surface area contributed by atoms with Crippen LogP contribution in [0.25, 0.3) is 0 Å². The fourth-order valence-corrected chi connectivity index (χ4v) is 2.37. The lowest BCUT2D eigenvalue weighted by atomic mass is 10.1. The van der Waals surface area contributed by atoms with E-state index in [-0.39, 0.29) is 6.61 Å². The lowest BCUT2D eigenvalue weighted by molar-refractivity contribution is 0.282. The molecule has 2 aromatic carbocycles. The highest BCUT2D eigenvalue weighted by Gasteiger charge is 2.07. The largest absolute Gasteiger partial charge is 0.497 e. The number of aryl methyl sites for hydroxylation is 1. The van der Waals surface area contributed by atoms with Gasteiger partial charge in [-0.3, -0.25) is 0 Å². The van der Waals surface area contributed by atoms with Crippen molar-refractivity contribution in [3.8, 4) is 5.75 Å². The minimum Gasteiger partial charge on any atom is -0.497 e. The van der Waals surface area contributed by atoms with Crippen LogP contribution in [0.4, 0.5) is 5.69 Å². The number of aliphatic hydroxyl groups is 1. The smallest absolute Gasteiger partial charge is 0.119 e. The van der Waals surface area contributed by atoms with Crippen molar-refractivity contribution in [3.63, 3.8) is 0 Å². The summed E-state index contributed by atoms with van der Waals surface area (Å²) < 4.78 is 5.25. The van der Waals surface area contributed by atoms with Crippen LogP contribution >= 0.6 is 0 Å². The molecule has 2 rings (SSSR count). The summed E-state index contributed by atoms with van der Waals surface area (Å²) >= 11 is 0. The summed E-state index contributed by atoms with van der Waals surface area (Å²) in [6.45, 7) is 2.97. The van der Waals surface area contributed by atoms with Crippen molar-refractivity contribution in [3.05, 3.63) is 59.2 Å². The Morgan fingerprint density at radius 3 is 2.55 bits per heavy atom. The second kappa shape index (κ2) is 6.44. The predicted octanol–water partition coefficient (Wildman–Crippen LogP) is 3.13. The number of anilines is 1. The molecule has 2 aromatic rings. The second-order valence-electron chi connectivity index (χ2n) is 4.99. The molecule has 0 atom stereocenters. The number of aliphatic hydroxyl groups excluding tert-OH is 1. The van der Waals surface area contributed by atoms with E-state index in [4.69, 9.17) is 9.84 Å². The first-order valence-corrected chi connectivity index (χ1v) is 6.68. The molecule has 0 saturated carbocycles. The van der Waals surface area contributed by atoms with Crippen LogP contribution in [0.2, 0.25) is 0 Å². The monoisotopic (exact) mass is 271 g/mol. The highest BCUT2D eigenvalue weighted by Crippen LogP contribution is 2.23. The zero-order chi connectivity index (χ0) is 14.5. The van der Waals surface area contributed by atoms with Crippen LogP contribution in [0.1, 0.15) is 16.7 Å². The predicted molar refractivity (Wildman–Crippen MR) is 82.2 cm³/mol. The van der Waals surface area contributed by atoms with Crippen molar-refractivity contribution in [1.29, 1.82) is 0 Å². The number of benzene rings is 2. The van der Waals surface area contributed by atoms with Gasteiger partial charge in [0, 0.05) is 19.3 Å². The van der Waals surface area contributed by atoms with E-state index in [1.54, 1.807) is 7.11 Å². The van der Waals surface area contributed by atoms with Crippen LogP contribution in [-0.4, -0.2) is 19.3 Å². The van der Waals surface area contributed by atoms with Crippen molar-refractivity contribution in [1.82, 2.24) is 0 Å². The first-order valence-electron chi connectivity index (χ1n) is 6.68. The van der Waals surface area contributed by atoms with Gasteiger partial charge in [-0.1, -0.05) is 24.3 Å². The molecule has 106 valence electrons. The molecule has 0 aliphatic carbocycles. The van der Waals surface area contributed by atoms with Gasteiger partial charge in [0.2, 0.25) is 0 Å². The van der Waals surface area contributed by atoms with E-state index in [0.717, 1.165) is 17.9 Å². The summed E-state index contributed by atoms with van der Waals surface area (Å²) in [5.41, 5.74) is 4.49. The number of nitrogens with zero attached hydrogens (tertiary/aromatic N) is 1. The van der Waals surface area contributed by atoms with Gasteiger partial charge in [-0.25, -0.2) is 0 Å². The molecule has 0 radical (unpaired) electrons. The van der Waals surface area contributed by atoms with Gasteiger partial charge >= 0.3 is 0 Å². The molecule has 3 heteroatoms. The summed E-state index contributed by atoms with van der Waals surface area (Å²) in [5.74, 6) is 0.878. The fourth-order valence-electron chi connectivity index (χ4n) is 2.37. The van der Waals surface area contributed by atoms with Crippen molar-refractivity contribution in [2.75, 3.05) is 19.1 Å². The Morgan fingerprint density at radius 2 is 1.90 bits per heavy atom. The van der Waals surface area contributed by atoms with Crippen LogP contribution in [0.3, 0.4) is 0 Å². The lowest BCUT2D eigenvalue weighted by Crippen LogP contribution is -2.17. The standard InChI is InChI=1S/C17H21NO2/c1-13-9-15(12-19)7-8-17(13)18(2)11-14-5-4-6-16(10-14)20-3/h4-10,19H,11-12H2,1-3H3. The molecule has 1 N–H and O–H groups in total. The van der Waals surface area contributed by atoms with Gasteiger partial charge < -0.3 is 14.7 Å². The highest BCUT2D eigenvalue weighted by molar-refractivity contribution is 5.54. The molecule has 3 nitrogen and oxygen atoms in total. The fraction of sp³-hybridized carbons (Fsp3) is 0.294. The maximum Gasteiger partial charge on any atom is 0.119 e. The molecule has 0 bridgehead atoms. The Balaban J connectivity index is 2.16. The van der Waals surface area contributed by atoms with Gasteiger partial charge in [-0.2, -0.15) is 0 Å². The lowest BCUT2D eigenvalue weighted by Gasteiger charge is -2.22. The molecule has 0 saturated heterocycles.